The van der Waals surface area contributed by atoms with Crippen LogP contribution in [0, 0.1) is 20.8 Å². The van der Waals surface area contributed by atoms with Crippen LogP contribution in [0.4, 0.5) is 5.69 Å². The van der Waals surface area contributed by atoms with Gasteiger partial charge < -0.3 is 10.2 Å². The minimum atomic E-state index is -0.233. The largest absolute Gasteiger partial charge is 0.332 e. The SMILES string of the molecule is CCc1c(C(=O)N(C)CC(=O)Nc2cccc(C)c2C)cnn1-c1ccc(C)cc1. The molecule has 3 rings (SSSR count). The van der Waals surface area contributed by atoms with E-state index in [9.17, 15) is 9.59 Å². The maximum absolute atomic E-state index is 13.0. The highest BCUT2D eigenvalue weighted by Gasteiger charge is 2.22. The van der Waals surface area contributed by atoms with Gasteiger partial charge in [0.2, 0.25) is 5.91 Å². The Balaban J connectivity index is 1.75. The number of nitrogens with one attached hydrogen (secondary N) is 1. The molecule has 0 bridgehead atoms. The van der Waals surface area contributed by atoms with Gasteiger partial charge in [0.05, 0.1) is 29.7 Å². The second-order valence-corrected chi connectivity index (χ2v) is 7.56. The second-order valence-electron chi connectivity index (χ2n) is 7.56. The summed E-state index contributed by atoms with van der Waals surface area (Å²) in [6, 6.07) is 13.8. The molecule has 3 aromatic rings. The minimum Gasteiger partial charge on any atom is -0.332 e. The highest BCUT2D eigenvalue weighted by atomic mass is 16.2. The van der Waals surface area contributed by atoms with E-state index >= 15 is 0 Å². The maximum atomic E-state index is 13.0. The summed E-state index contributed by atoms with van der Waals surface area (Å²) in [4.78, 5) is 27.0. The number of likely N-dealkylation sites (N-methyl/N-ethyl adjacent to an activating group) is 1. The fourth-order valence-electron chi connectivity index (χ4n) is 3.37. The number of aryl methyl sites for hydroxylation is 2. The lowest BCUT2D eigenvalue weighted by Gasteiger charge is -2.18. The molecule has 0 unspecified atom stereocenters. The van der Waals surface area contributed by atoms with Crippen LogP contribution in [-0.2, 0) is 11.2 Å². The van der Waals surface area contributed by atoms with Gasteiger partial charge in [-0.15, -0.1) is 0 Å². The first kappa shape index (κ1) is 21.3. The Labute approximate surface area is 177 Å². The number of hydrogen-bond donors (Lipinski definition) is 1. The Hall–Kier alpha value is -3.41. The minimum absolute atomic E-state index is 0.0366. The number of amides is 2. The average Bonchev–Trinajstić information content (AvgIpc) is 3.15. The van der Waals surface area contributed by atoms with Gasteiger partial charge >= 0.3 is 0 Å². The van der Waals surface area contributed by atoms with Crippen LogP contribution >= 0.6 is 0 Å². The molecule has 6 heteroatoms. The Morgan fingerprint density at radius 2 is 1.77 bits per heavy atom. The van der Waals surface area contributed by atoms with Crippen molar-refractivity contribution >= 4 is 17.5 Å². The standard InChI is InChI=1S/C24H28N4O2/c1-6-22-20(14-25-28(22)19-12-10-16(2)11-13-19)24(30)27(5)15-23(29)26-21-9-7-8-17(3)18(21)4/h7-14H,6,15H2,1-5H3,(H,26,29). The lowest BCUT2D eigenvalue weighted by Crippen LogP contribution is -2.35. The van der Waals surface area contributed by atoms with Gasteiger partial charge in [0, 0.05) is 12.7 Å². The van der Waals surface area contributed by atoms with Crippen molar-refractivity contribution in [3.8, 4) is 5.69 Å². The van der Waals surface area contributed by atoms with Gasteiger partial charge in [0.15, 0.2) is 0 Å². The Morgan fingerprint density at radius 3 is 2.43 bits per heavy atom. The van der Waals surface area contributed by atoms with Crippen molar-refractivity contribution in [3.63, 3.8) is 0 Å². The van der Waals surface area contributed by atoms with Crippen molar-refractivity contribution in [2.75, 3.05) is 18.9 Å². The third kappa shape index (κ3) is 4.43. The van der Waals surface area contributed by atoms with Crippen molar-refractivity contribution in [2.45, 2.75) is 34.1 Å². The van der Waals surface area contributed by atoms with E-state index in [0.717, 1.165) is 33.8 Å². The maximum Gasteiger partial charge on any atom is 0.257 e. The predicted molar refractivity (Wildman–Crippen MR) is 119 cm³/mol. The number of benzene rings is 2. The first-order chi connectivity index (χ1) is 14.3. The molecule has 0 fully saturated rings. The van der Waals surface area contributed by atoms with E-state index in [1.807, 2.05) is 70.2 Å². The molecular formula is C24H28N4O2. The van der Waals surface area contributed by atoms with Crippen LogP contribution < -0.4 is 5.32 Å². The summed E-state index contributed by atoms with van der Waals surface area (Å²) in [5.41, 5.74) is 6.30. The predicted octanol–water partition coefficient (Wildman–Crippen LogP) is 4.07. The molecule has 156 valence electrons. The Bertz CT molecular complexity index is 1070. The van der Waals surface area contributed by atoms with Crippen LogP contribution in [0.15, 0.2) is 48.7 Å². The fourth-order valence-corrected chi connectivity index (χ4v) is 3.37. The summed E-state index contributed by atoms with van der Waals surface area (Å²) < 4.78 is 1.79. The van der Waals surface area contributed by atoms with E-state index in [0.29, 0.717) is 12.0 Å². The number of hydrogen-bond acceptors (Lipinski definition) is 3. The second kappa shape index (κ2) is 8.95. The normalized spacial score (nSPS) is 10.7. The molecule has 0 aliphatic carbocycles. The molecule has 0 radical (unpaired) electrons. The van der Waals surface area contributed by atoms with E-state index < -0.39 is 0 Å². The molecule has 0 saturated heterocycles. The van der Waals surface area contributed by atoms with Crippen LogP contribution in [0.1, 0.15) is 39.7 Å². The number of nitrogens with zero attached hydrogens (tertiary/aromatic N) is 3. The topological polar surface area (TPSA) is 67.2 Å². The molecule has 2 aromatic carbocycles. The van der Waals surface area contributed by atoms with Crippen LogP contribution in [0.5, 0.6) is 0 Å². The number of carbonyl (C=O) groups excluding carboxylic acids is 2. The van der Waals surface area contributed by atoms with Gasteiger partial charge in [0.1, 0.15) is 0 Å². The van der Waals surface area contributed by atoms with Crippen molar-refractivity contribution in [1.82, 2.24) is 14.7 Å². The first-order valence-corrected chi connectivity index (χ1v) is 10.1. The highest BCUT2D eigenvalue weighted by molar-refractivity contribution is 6.00. The van der Waals surface area contributed by atoms with E-state index in [4.69, 9.17) is 0 Å². The van der Waals surface area contributed by atoms with E-state index in [1.54, 1.807) is 17.9 Å². The van der Waals surface area contributed by atoms with Crippen molar-refractivity contribution < 1.29 is 9.59 Å². The van der Waals surface area contributed by atoms with Crippen LogP contribution in [-0.4, -0.2) is 40.1 Å². The molecule has 0 atom stereocenters. The van der Waals surface area contributed by atoms with Crippen LogP contribution in [0.3, 0.4) is 0 Å². The average molecular weight is 405 g/mol. The number of rotatable bonds is 6. The molecule has 1 aromatic heterocycles. The van der Waals surface area contributed by atoms with Gasteiger partial charge in [-0.2, -0.15) is 5.10 Å². The molecule has 30 heavy (non-hydrogen) atoms. The fraction of sp³-hybridized carbons (Fsp3) is 0.292. The van der Waals surface area contributed by atoms with Crippen LogP contribution in [0.25, 0.3) is 5.69 Å². The van der Waals surface area contributed by atoms with Crippen molar-refractivity contribution in [2.24, 2.45) is 0 Å². The molecule has 1 heterocycles. The summed E-state index contributed by atoms with van der Waals surface area (Å²) in [5, 5.41) is 7.33. The monoisotopic (exact) mass is 404 g/mol. The highest BCUT2D eigenvalue weighted by Crippen LogP contribution is 2.19. The molecule has 0 aliphatic rings. The van der Waals surface area contributed by atoms with E-state index in [1.165, 1.54) is 4.90 Å². The molecule has 0 spiro atoms. The quantitative estimate of drug-likeness (QED) is 0.673. The number of carbonyl (C=O) groups is 2. The molecule has 1 N–H and O–H groups in total. The van der Waals surface area contributed by atoms with Gasteiger partial charge in [-0.3, -0.25) is 9.59 Å². The van der Waals surface area contributed by atoms with Gasteiger partial charge in [-0.1, -0.05) is 36.8 Å². The van der Waals surface area contributed by atoms with E-state index in [2.05, 4.69) is 10.4 Å². The van der Waals surface area contributed by atoms with Crippen LogP contribution in [0.2, 0.25) is 0 Å². The summed E-state index contributed by atoms with van der Waals surface area (Å²) in [7, 11) is 1.63. The van der Waals surface area contributed by atoms with Gasteiger partial charge in [-0.05, 0) is 56.5 Å². The molecule has 0 saturated carbocycles. The summed E-state index contributed by atoms with van der Waals surface area (Å²) in [5.74, 6) is -0.454. The van der Waals surface area contributed by atoms with Crippen molar-refractivity contribution in [3.05, 3.63) is 76.6 Å². The first-order valence-electron chi connectivity index (χ1n) is 10.1. The third-order valence-electron chi connectivity index (χ3n) is 5.32. The smallest absolute Gasteiger partial charge is 0.257 e. The zero-order chi connectivity index (χ0) is 21.8. The van der Waals surface area contributed by atoms with Gasteiger partial charge in [0.25, 0.3) is 5.91 Å². The number of aromatic nitrogens is 2. The Kier molecular flexibility index (Phi) is 6.35. The molecule has 2 amide bonds. The molecular weight excluding hydrogens is 376 g/mol. The third-order valence-corrected chi connectivity index (χ3v) is 5.32. The summed E-state index contributed by atoms with van der Waals surface area (Å²) >= 11 is 0. The zero-order valence-corrected chi connectivity index (χ0v) is 18.2. The lowest BCUT2D eigenvalue weighted by atomic mass is 10.1. The molecule has 6 nitrogen and oxygen atoms in total. The Morgan fingerprint density at radius 1 is 1.07 bits per heavy atom. The molecule has 0 aliphatic heterocycles. The van der Waals surface area contributed by atoms with Gasteiger partial charge in [-0.25, -0.2) is 4.68 Å². The lowest BCUT2D eigenvalue weighted by molar-refractivity contribution is -0.116. The number of anilines is 1. The zero-order valence-electron chi connectivity index (χ0n) is 18.2. The summed E-state index contributed by atoms with van der Waals surface area (Å²) in [6.45, 7) is 7.95. The van der Waals surface area contributed by atoms with E-state index in [-0.39, 0.29) is 18.4 Å². The summed E-state index contributed by atoms with van der Waals surface area (Å²) in [6.07, 6.45) is 2.23. The van der Waals surface area contributed by atoms with Crippen molar-refractivity contribution in [1.29, 1.82) is 0 Å².